The second kappa shape index (κ2) is 8.94. The lowest BCUT2D eigenvalue weighted by Crippen LogP contribution is -2.74. The van der Waals surface area contributed by atoms with E-state index in [-0.39, 0.29) is 36.8 Å². The SMILES string of the molecule is CCOC1CC(N)(C(=O)Nc2ccc(-n3cnc4ccccc43)cc2)C1(C)C.Cl.Cl. The van der Waals surface area contributed by atoms with Gasteiger partial charge in [-0.1, -0.05) is 26.0 Å². The van der Waals surface area contributed by atoms with Crippen LogP contribution in [0.2, 0.25) is 0 Å². The van der Waals surface area contributed by atoms with Gasteiger partial charge in [0.1, 0.15) is 11.9 Å². The number of anilines is 1. The fraction of sp³-hybridized carbons (Fsp3) is 0.364. The van der Waals surface area contributed by atoms with Gasteiger partial charge in [-0.15, -0.1) is 24.8 Å². The maximum Gasteiger partial charge on any atom is 0.245 e. The van der Waals surface area contributed by atoms with Crippen LogP contribution in [0.5, 0.6) is 0 Å². The first-order valence-electron chi connectivity index (χ1n) is 9.61. The molecule has 1 aliphatic carbocycles. The lowest BCUT2D eigenvalue weighted by atomic mass is 9.54. The molecule has 3 aromatic rings. The fourth-order valence-electron chi connectivity index (χ4n) is 3.93. The van der Waals surface area contributed by atoms with E-state index in [1.807, 2.05) is 73.9 Å². The van der Waals surface area contributed by atoms with Crippen molar-refractivity contribution in [1.29, 1.82) is 0 Å². The highest BCUT2D eigenvalue weighted by Gasteiger charge is 2.62. The molecule has 2 aromatic carbocycles. The average molecular weight is 451 g/mol. The molecule has 1 saturated carbocycles. The Labute approximate surface area is 189 Å². The first-order chi connectivity index (χ1) is 13.4. The Hall–Kier alpha value is -2.12. The van der Waals surface area contributed by atoms with Gasteiger partial charge in [0.05, 0.1) is 17.1 Å². The third-order valence-corrected chi connectivity index (χ3v) is 6.09. The number of carbonyl (C=O) groups excluding carboxylic acids is 1. The van der Waals surface area contributed by atoms with Crippen LogP contribution in [0.25, 0.3) is 16.7 Å². The molecule has 30 heavy (non-hydrogen) atoms. The summed E-state index contributed by atoms with van der Waals surface area (Å²) in [7, 11) is 0. The lowest BCUT2D eigenvalue weighted by Gasteiger charge is -2.57. The third-order valence-electron chi connectivity index (χ3n) is 6.09. The molecule has 0 spiro atoms. The first-order valence-corrected chi connectivity index (χ1v) is 9.61. The van der Waals surface area contributed by atoms with Crippen LogP contribution in [0.3, 0.4) is 0 Å². The Morgan fingerprint density at radius 2 is 1.87 bits per heavy atom. The van der Waals surface area contributed by atoms with E-state index in [0.717, 1.165) is 22.4 Å². The molecule has 3 N–H and O–H groups in total. The van der Waals surface area contributed by atoms with Crippen molar-refractivity contribution >= 4 is 47.4 Å². The van der Waals surface area contributed by atoms with Crippen LogP contribution < -0.4 is 11.1 Å². The standard InChI is InChI=1S/C22H26N4O2.2ClH/c1-4-28-19-13-22(23,21(19,2)3)20(27)25-15-9-11-16(12-10-15)26-14-24-17-7-5-6-8-18(17)26;;/h5-12,14,19H,4,13,23H2,1-3H3,(H,25,27);2*1H. The van der Waals surface area contributed by atoms with Crippen molar-refractivity contribution in [2.45, 2.75) is 38.8 Å². The maximum absolute atomic E-state index is 12.9. The topological polar surface area (TPSA) is 82.2 Å². The van der Waals surface area contributed by atoms with E-state index in [9.17, 15) is 4.79 Å². The molecule has 6 nitrogen and oxygen atoms in total. The third kappa shape index (κ3) is 3.81. The van der Waals surface area contributed by atoms with Crippen LogP contribution in [-0.4, -0.2) is 33.7 Å². The van der Waals surface area contributed by atoms with Crippen LogP contribution in [-0.2, 0) is 9.53 Å². The molecule has 1 fully saturated rings. The molecule has 4 rings (SSSR count). The number of nitrogens with two attached hydrogens (primary N) is 1. The minimum atomic E-state index is -0.938. The number of aromatic nitrogens is 2. The summed E-state index contributed by atoms with van der Waals surface area (Å²) in [5, 5.41) is 2.97. The number of para-hydroxylation sites is 2. The average Bonchev–Trinajstić information content (AvgIpc) is 3.12. The van der Waals surface area contributed by atoms with Gasteiger partial charge >= 0.3 is 0 Å². The Balaban J connectivity index is 0.00000160. The maximum atomic E-state index is 12.9. The smallest absolute Gasteiger partial charge is 0.245 e. The summed E-state index contributed by atoms with van der Waals surface area (Å²) >= 11 is 0. The van der Waals surface area contributed by atoms with Crippen LogP contribution >= 0.6 is 24.8 Å². The number of rotatable bonds is 5. The Morgan fingerprint density at radius 3 is 2.50 bits per heavy atom. The number of fused-ring (bicyclic) bond motifs is 1. The molecule has 0 saturated heterocycles. The van der Waals surface area contributed by atoms with Gasteiger partial charge < -0.3 is 15.8 Å². The number of nitrogens with zero attached hydrogens (tertiary/aromatic N) is 2. The van der Waals surface area contributed by atoms with Crippen molar-refractivity contribution < 1.29 is 9.53 Å². The normalized spacial score (nSPS) is 21.8. The van der Waals surface area contributed by atoms with E-state index in [0.29, 0.717) is 13.0 Å². The Kier molecular flexibility index (Phi) is 7.20. The minimum Gasteiger partial charge on any atom is -0.378 e. The molecule has 1 aliphatic rings. The first kappa shape index (κ1) is 24.2. The summed E-state index contributed by atoms with van der Waals surface area (Å²) in [6.45, 7) is 6.56. The minimum absolute atomic E-state index is 0. The van der Waals surface area contributed by atoms with E-state index in [1.165, 1.54) is 0 Å². The predicted octanol–water partition coefficient (Wildman–Crippen LogP) is 4.34. The molecule has 0 radical (unpaired) electrons. The van der Waals surface area contributed by atoms with Gasteiger partial charge in [-0.3, -0.25) is 9.36 Å². The summed E-state index contributed by atoms with van der Waals surface area (Å²) in [6.07, 6.45) is 2.33. The number of halogens is 2. The number of carbonyl (C=O) groups is 1. The molecule has 162 valence electrons. The van der Waals surface area contributed by atoms with Gasteiger partial charge in [0.25, 0.3) is 0 Å². The van der Waals surface area contributed by atoms with Crippen LogP contribution in [0.1, 0.15) is 27.2 Å². The number of imidazole rings is 1. The number of benzene rings is 2. The van der Waals surface area contributed by atoms with Crippen LogP contribution in [0.4, 0.5) is 5.69 Å². The zero-order valence-electron chi connectivity index (χ0n) is 17.3. The summed E-state index contributed by atoms with van der Waals surface area (Å²) in [5.41, 5.74) is 8.79. The van der Waals surface area contributed by atoms with Gasteiger partial charge in [-0.2, -0.15) is 0 Å². The van der Waals surface area contributed by atoms with Gasteiger partial charge in [-0.25, -0.2) is 4.98 Å². The predicted molar refractivity (Wildman–Crippen MR) is 125 cm³/mol. The lowest BCUT2D eigenvalue weighted by molar-refractivity contribution is -0.166. The Bertz CT molecular complexity index is 1020. The monoisotopic (exact) mass is 450 g/mol. The molecule has 2 atom stereocenters. The van der Waals surface area contributed by atoms with Crippen molar-refractivity contribution in [3.05, 3.63) is 54.9 Å². The van der Waals surface area contributed by atoms with Crippen LogP contribution in [0.15, 0.2) is 54.9 Å². The van der Waals surface area contributed by atoms with Crippen molar-refractivity contribution in [1.82, 2.24) is 9.55 Å². The molecular weight excluding hydrogens is 423 g/mol. The zero-order chi connectivity index (χ0) is 19.9. The number of hydrogen-bond acceptors (Lipinski definition) is 4. The molecule has 0 aliphatic heterocycles. The molecule has 8 heteroatoms. The molecule has 1 aromatic heterocycles. The van der Waals surface area contributed by atoms with E-state index in [2.05, 4.69) is 10.3 Å². The number of amides is 1. The highest BCUT2D eigenvalue weighted by atomic mass is 35.5. The molecular formula is C22H28Cl2N4O2. The van der Waals surface area contributed by atoms with Gasteiger partial charge in [0.2, 0.25) is 5.91 Å². The van der Waals surface area contributed by atoms with Crippen molar-refractivity contribution in [2.75, 3.05) is 11.9 Å². The second-order valence-corrected chi connectivity index (χ2v) is 7.95. The van der Waals surface area contributed by atoms with Crippen LogP contribution in [0, 0.1) is 5.41 Å². The fourth-order valence-corrected chi connectivity index (χ4v) is 3.93. The highest BCUT2D eigenvalue weighted by molar-refractivity contribution is 5.99. The summed E-state index contributed by atoms with van der Waals surface area (Å²) < 4.78 is 7.73. The molecule has 1 heterocycles. The van der Waals surface area contributed by atoms with E-state index < -0.39 is 11.0 Å². The van der Waals surface area contributed by atoms with E-state index in [4.69, 9.17) is 10.5 Å². The largest absolute Gasteiger partial charge is 0.378 e. The van der Waals surface area contributed by atoms with Crippen molar-refractivity contribution in [3.63, 3.8) is 0 Å². The summed E-state index contributed by atoms with van der Waals surface area (Å²) in [6, 6.07) is 15.7. The summed E-state index contributed by atoms with van der Waals surface area (Å²) in [4.78, 5) is 17.3. The van der Waals surface area contributed by atoms with Gasteiger partial charge in [-0.05, 0) is 43.3 Å². The number of hydrogen-bond donors (Lipinski definition) is 2. The van der Waals surface area contributed by atoms with Gasteiger partial charge in [0, 0.05) is 29.8 Å². The second-order valence-electron chi connectivity index (χ2n) is 7.95. The molecule has 2 unspecified atom stereocenters. The zero-order valence-corrected chi connectivity index (χ0v) is 18.9. The molecule has 1 amide bonds. The summed E-state index contributed by atoms with van der Waals surface area (Å²) in [5.74, 6) is -0.172. The van der Waals surface area contributed by atoms with E-state index >= 15 is 0 Å². The highest BCUT2D eigenvalue weighted by Crippen LogP contribution is 2.50. The number of nitrogens with one attached hydrogen (secondary N) is 1. The number of ether oxygens (including phenoxy) is 1. The van der Waals surface area contributed by atoms with Gasteiger partial charge in [0.15, 0.2) is 0 Å². The quantitative estimate of drug-likeness (QED) is 0.605. The molecule has 0 bridgehead atoms. The Morgan fingerprint density at radius 1 is 1.20 bits per heavy atom. The van der Waals surface area contributed by atoms with E-state index in [1.54, 1.807) is 6.33 Å². The van der Waals surface area contributed by atoms with Crippen molar-refractivity contribution in [3.8, 4) is 5.69 Å². The van der Waals surface area contributed by atoms with Crippen molar-refractivity contribution in [2.24, 2.45) is 11.1 Å².